The zero-order valence-corrected chi connectivity index (χ0v) is 19.7. The lowest BCUT2D eigenvalue weighted by atomic mass is 10.0. The van der Waals surface area contributed by atoms with Crippen molar-refractivity contribution in [3.8, 4) is 34.1 Å². The molecule has 1 saturated carbocycles. The molecular formula is C29H24N4O3. The Morgan fingerprint density at radius 1 is 1.03 bits per heavy atom. The van der Waals surface area contributed by atoms with E-state index in [-0.39, 0.29) is 11.7 Å². The number of rotatable bonds is 6. The summed E-state index contributed by atoms with van der Waals surface area (Å²) in [5.74, 6) is 1.45. The van der Waals surface area contributed by atoms with Crippen molar-refractivity contribution in [2.75, 3.05) is 12.4 Å². The van der Waals surface area contributed by atoms with Gasteiger partial charge in [-0.25, -0.2) is 9.97 Å². The van der Waals surface area contributed by atoms with Crippen molar-refractivity contribution in [1.29, 1.82) is 0 Å². The zero-order chi connectivity index (χ0) is 24.6. The molecule has 3 aromatic carbocycles. The summed E-state index contributed by atoms with van der Waals surface area (Å²) in [6.07, 6.45) is 3.99. The van der Waals surface area contributed by atoms with Crippen molar-refractivity contribution in [1.82, 2.24) is 15.0 Å². The average molecular weight is 477 g/mol. The minimum absolute atomic E-state index is 0.0929. The highest BCUT2D eigenvalue weighted by atomic mass is 16.5. The molecule has 36 heavy (non-hydrogen) atoms. The molecule has 7 heteroatoms. The van der Waals surface area contributed by atoms with Crippen LogP contribution < -0.4 is 10.1 Å². The number of nitrogens with one attached hydrogen (secondary N) is 2. The van der Waals surface area contributed by atoms with Gasteiger partial charge in [-0.1, -0.05) is 24.3 Å². The molecule has 1 aliphatic carbocycles. The molecule has 1 fully saturated rings. The highest BCUT2D eigenvalue weighted by Crippen LogP contribution is 2.43. The number of imidazole rings is 1. The van der Waals surface area contributed by atoms with Gasteiger partial charge in [0.15, 0.2) is 0 Å². The Labute approximate surface area is 207 Å². The molecule has 2 heterocycles. The fourth-order valence-electron chi connectivity index (χ4n) is 4.50. The number of amides is 1. The molecule has 6 rings (SSSR count). The number of aromatic hydroxyl groups is 1. The van der Waals surface area contributed by atoms with Crippen LogP contribution in [0.4, 0.5) is 5.69 Å². The third-order valence-electron chi connectivity index (χ3n) is 6.50. The first-order valence-electron chi connectivity index (χ1n) is 11.8. The van der Waals surface area contributed by atoms with Gasteiger partial charge < -0.3 is 20.1 Å². The number of methoxy groups -OCH3 is 1. The maximum atomic E-state index is 13.0. The minimum atomic E-state index is -0.178. The van der Waals surface area contributed by atoms with Crippen molar-refractivity contribution in [3.05, 3.63) is 90.1 Å². The standard InChI is InChI=1S/C29H24N4O3/c1-36-29-21(6-4-14-30-29)18-11-13-26(34)22(15-18)27-31-24-12-10-19(16-25(24)32-27)28(35)33-23-7-3-2-5-20(23)17-8-9-17/h2-7,10-17,34H,8-9H2,1H3,(H,31,32)(H,33,35). The highest BCUT2D eigenvalue weighted by Gasteiger charge is 2.26. The van der Waals surface area contributed by atoms with Gasteiger partial charge in [0.2, 0.25) is 5.88 Å². The van der Waals surface area contributed by atoms with Crippen LogP contribution in [-0.4, -0.2) is 33.1 Å². The van der Waals surface area contributed by atoms with Gasteiger partial charge in [-0.3, -0.25) is 4.79 Å². The predicted molar refractivity (Wildman–Crippen MR) is 139 cm³/mol. The number of pyridine rings is 1. The van der Waals surface area contributed by atoms with E-state index in [1.165, 1.54) is 5.56 Å². The second-order valence-electron chi connectivity index (χ2n) is 8.93. The van der Waals surface area contributed by atoms with Gasteiger partial charge in [0.1, 0.15) is 11.6 Å². The molecule has 1 amide bonds. The Kier molecular flexibility index (Phi) is 5.37. The average Bonchev–Trinajstić information content (AvgIpc) is 3.67. The van der Waals surface area contributed by atoms with E-state index in [0.717, 1.165) is 35.2 Å². The summed E-state index contributed by atoms with van der Waals surface area (Å²) in [4.78, 5) is 25.2. The lowest BCUT2D eigenvalue weighted by Crippen LogP contribution is -2.13. The Hall–Kier alpha value is -4.65. The largest absolute Gasteiger partial charge is 0.507 e. The zero-order valence-electron chi connectivity index (χ0n) is 19.7. The number of anilines is 1. The maximum absolute atomic E-state index is 13.0. The third-order valence-corrected chi connectivity index (χ3v) is 6.50. The lowest BCUT2D eigenvalue weighted by Gasteiger charge is -2.10. The number of carbonyl (C=O) groups excluding carboxylic acids is 1. The van der Waals surface area contributed by atoms with E-state index in [2.05, 4.69) is 26.3 Å². The summed E-state index contributed by atoms with van der Waals surface area (Å²) < 4.78 is 5.39. The van der Waals surface area contributed by atoms with Crippen LogP contribution in [-0.2, 0) is 0 Å². The number of aromatic nitrogens is 3. The molecule has 0 bridgehead atoms. The molecular weight excluding hydrogens is 452 g/mol. The van der Waals surface area contributed by atoms with Gasteiger partial charge in [-0.15, -0.1) is 0 Å². The van der Waals surface area contributed by atoms with Crippen molar-refractivity contribution < 1.29 is 14.6 Å². The number of para-hydroxylation sites is 1. The number of benzene rings is 3. The van der Waals surface area contributed by atoms with E-state index in [4.69, 9.17) is 4.74 Å². The quantitative estimate of drug-likeness (QED) is 0.273. The predicted octanol–water partition coefficient (Wildman–Crippen LogP) is 6.14. The maximum Gasteiger partial charge on any atom is 0.255 e. The number of aromatic amines is 1. The fourth-order valence-corrected chi connectivity index (χ4v) is 4.50. The van der Waals surface area contributed by atoms with Gasteiger partial charge in [0, 0.05) is 23.0 Å². The number of phenols is 1. The molecule has 0 atom stereocenters. The number of fused-ring (bicyclic) bond motifs is 1. The molecule has 5 aromatic rings. The molecule has 3 N–H and O–H groups in total. The van der Waals surface area contributed by atoms with Crippen LogP contribution in [0, 0.1) is 0 Å². The molecule has 0 spiro atoms. The van der Waals surface area contributed by atoms with Crippen molar-refractivity contribution in [3.63, 3.8) is 0 Å². The third kappa shape index (κ3) is 4.05. The van der Waals surface area contributed by atoms with E-state index in [1.54, 1.807) is 31.5 Å². The summed E-state index contributed by atoms with van der Waals surface area (Å²) in [5.41, 5.74) is 6.16. The molecule has 1 aliphatic rings. The van der Waals surface area contributed by atoms with E-state index in [0.29, 0.717) is 34.3 Å². The first-order chi connectivity index (χ1) is 17.6. The molecule has 0 radical (unpaired) electrons. The molecule has 2 aromatic heterocycles. The van der Waals surface area contributed by atoms with Crippen LogP contribution in [0.3, 0.4) is 0 Å². The van der Waals surface area contributed by atoms with Crippen molar-refractivity contribution in [2.24, 2.45) is 0 Å². The number of hydrogen-bond acceptors (Lipinski definition) is 5. The van der Waals surface area contributed by atoms with Gasteiger partial charge in [-0.05, 0) is 78.4 Å². The van der Waals surface area contributed by atoms with Gasteiger partial charge >= 0.3 is 0 Å². The Bertz CT molecular complexity index is 1600. The molecule has 0 unspecified atom stereocenters. The van der Waals surface area contributed by atoms with E-state index < -0.39 is 0 Å². The molecule has 0 saturated heterocycles. The van der Waals surface area contributed by atoms with Crippen LogP contribution in [0.5, 0.6) is 11.6 Å². The van der Waals surface area contributed by atoms with Crippen molar-refractivity contribution >= 4 is 22.6 Å². The van der Waals surface area contributed by atoms with Crippen molar-refractivity contribution in [2.45, 2.75) is 18.8 Å². The fraction of sp³-hybridized carbons (Fsp3) is 0.138. The van der Waals surface area contributed by atoms with Crippen LogP contribution in [0.25, 0.3) is 33.5 Å². The Morgan fingerprint density at radius 2 is 1.89 bits per heavy atom. The normalized spacial score (nSPS) is 13.0. The number of ether oxygens (including phenoxy) is 1. The Morgan fingerprint density at radius 3 is 2.72 bits per heavy atom. The second kappa shape index (κ2) is 8.85. The van der Waals surface area contributed by atoms with Crippen LogP contribution in [0.1, 0.15) is 34.7 Å². The number of hydrogen-bond donors (Lipinski definition) is 3. The number of H-pyrrole nitrogens is 1. The lowest BCUT2D eigenvalue weighted by molar-refractivity contribution is 0.102. The summed E-state index contributed by atoms with van der Waals surface area (Å²) in [5, 5.41) is 13.7. The SMILES string of the molecule is COc1ncccc1-c1ccc(O)c(-c2nc3cc(C(=O)Nc4ccccc4C4CC4)ccc3[nH]2)c1. The Balaban J connectivity index is 1.32. The molecule has 7 nitrogen and oxygen atoms in total. The number of carbonyl (C=O) groups is 1. The number of phenolic OH excluding ortho intramolecular Hbond substituents is 1. The second-order valence-corrected chi connectivity index (χ2v) is 8.93. The summed E-state index contributed by atoms with van der Waals surface area (Å²) >= 11 is 0. The van der Waals surface area contributed by atoms with Gasteiger partial charge in [0.05, 0.1) is 23.7 Å². The molecule has 178 valence electrons. The first kappa shape index (κ1) is 21.9. The van der Waals surface area contributed by atoms with Gasteiger partial charge in [-0.2, -0.15) is 0 Å². The van der Waals surface area contributed by atoms with Crippen LogP contribution in [0.15, 0.2) is 79.0 Å². The van der Waals surface area contributed by atoms with E-state index in [9.17, 15) is 9.90 Å². The topological polar surface area (TPSA) is 100 Å². The minimum Gasteiger partial charge on any atom is -0.507 e. The van der Waals surface area contributed by atoms with E-state index >= 15 is 0 Å². The van der Waals surface area contributed by atoms with Gasteiger partial charge in [0.25, 0.3) is 5.91 Å². The van der Waals surface area contributed by atoms with Crippen LogP contribution in [0.2, 0.25) is 0 Å². The highest BCUT2D eigenvalue weighted by molar-refractivity contribution is 6.06. The molecule has 0 aliphatic heterocycles. The first-order valence-corrected chi connectivity index (χ1v) is 11.8. The smallest absolute Gasteiger partial charge is 0.255 e. The summed E-state index contributed by atoms with van der Waals surface area (Å²) in [6, 6.07) is 22.4. The monoisotopic (exact) mass is 476 g/mol. The summed E-state index contributed by atoms with van der Waals surface area (Å²) in [6.45, 7) is 0. The van der Waals surface area contributed by atoms with Crippen LogP contribution >= 0.6 is 0 Å². The van der Waals surface area contributed by atoms with E-state index in [1.807, 2.05) is 48.5 Å². The number of nitrogens with zero attached hydrogens (tertiary/aromatic N) is 2. The summed E-state index contributed by atoms with van der Waals surface area (Å²) in [7, 11) is 1.57.